The second-order valence-corrected chi connectivity index (χ2v) is 2.99. The third kappa shape index (κ3) is 2.09. The molecular formula is C8H10ClNO. The van der Waals surface area contributed by atoms with Crippen molar-refractivity contribution in [3.05, 3.63) is 24.3 Å². The minimum Gasteiger partial charge on any atom is -0.368 e. The number of amides is 1. The van der Waals surface area contributed by atoms with Gasteiger partial charge in [-0.3, -0.25) is 4.79 Å². The molecule has 0 saturated heterocycles. The lowest BCUT2D eigenvalue weighted by Crippen LogP contribution is -2.30. The number of alkyl halides is 1. The Balaban J connectivity index is 2.55. The first-order chi connectivity index (χ1) is 5.22. The quantitative estimate of drug-likeness (QED) is 0.624. The van der Waals surface area contributed by atoms with Crippen LogP contribution in [0.25, 0.3) is 0 Å². The lowest BCUT2D eigenvalue weighted by Gasteiger charge is -2.15. The number of primary amides is 1. The van der Waals surface area contributed by atoms with Crippen molar-refractivity contribution in [2.45, 2.75) is 11.8 Å². The summed E-state index contributed by atoms with van der Waals surface area (Å²) in [6.07, 6.45) is 8.49. The maximum Gasteiger partial charge on any atom is 0.236 e. The van der Waals surface area contributed by atoms with Crippen molar-refractivity contribution in [3.8, 4) is 0 Å². The number of allylic oxidation sites excluding steroid dienone is 4. The topological polar surface area (TPSA) is 43.1 Å². The molecule has 1 rings (SSSR count). The van der Waals surface area contributed by atoms with Crippen LogP contribution in [0.4, 0.5) is 0 Å². The van der Waals surface area contributed by atoms with Crippen LogP contribution in [-0.2, 0) is 4.79 Å². The first-order valence-corrected chi connectivity index (χ1v) is 3.92. The van der Waals surface area contributed by atoms with Gasteiger partial charge in [-0.1, -0.05) is 24.3 Å². The standard InChI is InChI=1S/C8H10ClNO/c9-7(8(10)11)6-4-2-1-3-5-6/h1-4,6-7H,5H2,(H2,10,11). The van der Waals surface area contributed by atoms with Gasteiger partial charge in [0.2, 0.25) is 5.91 Å². The van der Waals surface area contributed by atoms with E-state index in [0.29, 0.717) is 0 Å². The molecule has 0 fully saturated rings. The van der Waals surface area contributed by atoms with E-state index in [1.165, 1.54) is 0 Å². The van der Waals surface area contributed by atoms with Crippen LogP contribution in [0.3, 0.4) is 0 Å². The smallest absolute Gasteiger partial charge is 0.236 e. The lowest BCUT2D eigenvalue weighted by molar-refractivity contribution is -0.118. The van der Waals surface area contributed by atoms with Crippen molar-refractivity contribution in [3.63, 3.8) is 0 Å². The van der Waals surface area contributed by atoms with Crippen LogP contribution in [0.1, 0.15) is 6.42 Å². The van der Waals surface area contributed by atoms with Gasteiger partial charge in [0.25, 0.3) is 0 Å². The summed E-state index contributed by atoms with van der Waals surface area (Å²) in [6.45, 7) is 0. The molecule has 0 bridgehead atoms. The van der Waals surface area contributed by atoms with Crippen LogP contribution in [0.2, 0.25) is 0 Å². The Morgan fingerprint density at radius 2 is 2.36 bits per heavy atom. The molecule has 0 spiro atoms. The number of hydrogen-bond acceptors (Lipinski definition) is 1. The Bertz CT molecular complexity index is 210. The van der Waals surface area contributed by atoms with Gasteiger partial charge in [-0.15, -0.1) is 11.6 Å². The van der Waals surface area contributed by atoms with E-state index >= 15 is 0 Å². The van der Waals surface area contributed by atoms with Crippen LogP contribution >= 0.6 is 11.6 Å². The number of nitrogens with two attached hydrogens (primary N) is 1. The average Bonchev–Trinajstić information content (AvgIpc) is 2.05. The summed E-state index contributed by atoms with van der Waals surface area (Å²) in [5, 5.41) is -0.573. The number of rotatable bonds is 2. The molecule has 0 radical (unpaired) electrons. The number of carbonyl (C=O) groups excluding carboxylic acids is 1. The van der Waals surface area contributed by atoms with E-state index < -0.39 is 11.3 Å². The Kier molecular flexibility index (Phi) is 2.71. The average molecular weight is 172 g/mol. The minimum absolute atomic E-state index is 0.0687. The van der Waals surface area contributed by atoms with Gasteiger partial charge in [0.15, 0.2) is 0 Å². The predicted molar refractivity (Wildman–Crippen MR) is 45.2 cm³/mol. The molecule has 2 atom stereocenters. The van der Waals surface area contributed by atoms with Gasteiger partial charge in [0, 0.05) is 5.92 Å². The Labute approximate surface area is 70.7 Å². The van der Waals surface area contributed by atoms with E-state index in [1.807, 2.05) is 24.3 Å². The first-order valence-electron chi connectivity index (χ1n) is 3.48. The number of carbonyl (C=O) groups is 1. The normalized spacial score (nSPS) is 25.0. The van der Waals surface area contributed by atoms with E-state index in [0.717, 1.165) is 6.42 Å². The maximum atomic E-state index is 10.6. The van der Waals surface area contributed by atoms with Gasteiger partial charge in [-0.25, -0.2) is 0 Å². The summed E-state index contributed by atoms with van der Waals surface area (Å²) in [4.78, 5) is 10.6. The van der Waals surface area contributed by atoms with Gasteiger partial charge in [-0.05, 0) is 6.42 Å². The fraction of sp³-hybridized carbons (Fsp3) is 0.375. The van der Waals surface area contributed by atoms with E-state index in [4.69, 9.17) is 17.3 Å². The third-order valence-electron chi connectivity index (χ3n) is 1.66. The molecule has 0 saturated carbocycles. The lowest BCUT2D eigenvalue weighted by atomic mass is 9.97. The van der Waals surface area contributed by atoms with E-state index in [9.17, 15) is 4.79 Å². The Morgan fingerprint density at radius 3 is 2.82 bits per heavy atom. The molecule has 0 aliphatic heterocycles. The van der Waals surface area contributed by atoms with E-state index in [2.05, 4.69) is 0 Å². The van der Waals surface area contributed by atoms with Crippen molar-refractivity contribution >= 4 is 17.5 Å². The van der Waals surface area contributed by atoms with Crippen LogP contribution in [0.15, 0.2) is 24.3 Å². The molecule has 1 aliphatic rings. The van der Waals surface area contributed by atoms with Crippen LogP contribution in [0, 0.1) is 5.92 Å². The largest absolute Gasteiger partial charge is 0.368 e. The van der Waals surface area contributed by atoms with Gasteiger partial charge in [0.05, 0.1) is 0 Å². The zero-order valence-electron chi connectivity index (χ0n) is 6.03. The van der Waals surface area contributed by atoms with Crippen molar-refractivity contribution in [2.75, 3.05) is 0 Å². The van der Waals surface area contributed by atoms with Gasteiger partial charge >= 0.3 is 0 Å². The van der Waals surface area contributed by atoms with Crippen molar-refractivity contribution in [1.82, 2.24) is 0 Å². The highest BCUT2D eigenvalue weighted by atomic mass is 35.5. The monoisotopic (exact) mass is 171 g/mol. The van der Waals surface area contributed by atoms with E-state index in [1.54, 1.807) is 0 Å². The summed E-state index contributed by atoms with van der Waals surface area (Å²) in [7, 11) is 0. The predicted octanol–water partition coefficient (Wildman–Crippen LogP) is 1.21. The fourth-order valence-electron chi connectivity index (χ4n) is 1.03. The van der Waals surface area contributed by atoms with Gasteiger partial charge in [0.1, 0.15) is 5.38 Å². The molecule has 60 valence electrons. The minimum atomic E-state index is -0.573. The van der Waals surface area contributed by atoms with Crippen LogP contribution in [-0.4, -0.2) is 11.3 Å². The molecule has 2 unspecified atom stereocenters. The van der Waals surface area contributed by atoms with Crippen LogP contribution in [0.5, 0.6) is 0 Å². The molecule has 1 aliphatic carbocycles. The first kappa shape index (κ1) is 8.34. The molecule has 1 amide bonds. The second-order valence-electron chi connectivity index (χ2n) is 2.52. The Hall–Kier alpha value is -0.760. The van der Waals surface area contributed by atoms with Gasteiger partial charge in [-0.2, -0.15) is 0 Å². The SMILES string of the molecule is NC(=O)C(Cl)C1C=CC=CC1. The highest BCUT2D eigenvalue weighted by molar-refractivity contribution is 6.30. The summed E-state index contributed by atoms with van der Waals surface area (Å²) in [6, 6.07) is 0. The molecule has 3 heteroatoms. The van der Waals surface area contributed by atoms with Crippen LogP contribution < -0.4 is 5.73 Å². The van der Waals surface area contributed by atoms with Crippen molar-refractivity contribution < 1.29 is 4.79 Å². The summed E-state index contributed by atoms with van der Waals surface area (Å²) in [5.41, 5.74) is 5.04. The van der Waals surface area contributed by atoms with Crippen molar-refractivity contribution in [2.24, 2.45) is 11.7 Å². The molecule has 2 nitrogen and oxygen atoms in total. The zero-order valence-corrected chi connectivity index (χ0v) is 6.79. The highest BCUT2D eigenvalue weighted by Gasteiger charge is 2.21. The van der Waals surface area contributed by atoms with Gasteiger partial charge < -0.3 is 5.73 Å². The molecule has 0 heterocycles. The molecule has 0 aromatic rings. The molecule has 2 N–H and O–H groups in total. The molecule has 11 heavy (non-hydrogen) atoms. The number of hydrogen-bond donors (Lipinski definition) is 1. The highest BCUT2D eigenvalue weighted by Crippen LogP contribution is 2.19. The molecule has 0 aromatic heterocycles. The second kappa shape index (κ2) is 3.58. The van der Waals surface area contributed by atoms with E-state index in [-0.39, 0.29) is 5.92 Å². The fourth-order valence-corrected chi connectivity index (χ4v) is 1.21. The summed E-state index contributed by atoms with van der Waals surface area (Å²) >= 11 is 5.73. The van der Waals surface area contributed by atoms with Crippen molar-refractivity contribution in [1.29, 1.82) is 0 Å². The zero-order chi connectivity index (χ0) is 8.27. The number of halogens is 1. The summed E-state index contributed by atoms with van der Waals surface area (Å²) in [5.74, 6) is -0.379. The Morgan fingerprint density at radius 1 is 1.64 bits per heavy atom. The third-order valence-corrected chi connectivity index (χ3v) is 2.20. The molecule has 0 aromatic carbocycles. The summed E-state index contributed by atoms with van der Waals surface area (Å²) < 4.78 is 0. The maximum absolute atomic E-state index is 10.6. The molecular weight excluding hydrogens is 162 g/mol.